The Hall–Kier alpha value is -2.17. The normalized spacial score (nSPS) is 13.1. The topological polar surface area (TPSA) is 54.9 Å². The van der Waals surface area contributed by atoms with E-state index in [-0.39, 0.29) is 5.91 Å². The van der Waals surface area contributed by atoms with Crippen LogP contribution < -0.4 is 5.32 Å². The van der Waals surface area contributed by atoms with Crippen molar-refractivity contribution in [2.45, 2.75) is 19.3 Å². The Morgan fingerprint density at radius 2 is 1.92 bits per heavy atom. The first kappa shape index (κ1) is 15.4. The molecule has 6 heteroatoms. The minimum Gasteiger partial charge on any atom is -0.306 e. The van der Waals surface area contributed by atoms with Crippen LogP contribution in [0.5, 0.6) is 0 Å². The molecule has 0 saturated heterocycles. The number of rotatable bonds is 2. The molecule has 0 fully saturated rings. The molecule has 0 spiro atoms. The Labute approximate surface area is 148 Å². The molecule has 0 saturated carbocycles. The average Bonchev–Trinajstić information content (AvgIpc) is 3.00. The lowest BCUT2D eigenvalue weighted by Gasteiger charge is -2.13. The molecule has 4 nitrogen and oxygen atoms in total. The zero-order valence-corrected chi connectivity index (χ0v) is 14.2. The minimum atomic E-state index is -0.211. The second kappa shape index (κ2) is 6.04. The van der Waals surface area contributed by atoms with E-state index in [1.54, 1.807) is 30.5 Å². The number of benzene rings is 1. The van der Waals surface area contributed by atoms with Crippen molar-refractivity contribution in [2.24, 2.45) is 0 Å². The number of hydrogen-bond acceptors (Lipinski definition) is 3. The van der Waals surface area contributed by atoms with E-state index in [2.05, 4.69) is 15.3 Å². The van der Waals surface area contributed by atoms with E-state index in [0.29, 0.717) is 21.4 Å². The molecular formula is C18H13Cl2N3O. The summed E-state index contributed by atoms with van der Waals surface area (Å²) in [5, 5.41) is 4.70. The maximum absolute atomic E-state index is 12.9. The number of halogens is 2. The molecule has 24 heavy (non-hydrogen) atoms. The quantitative estimate of drug-likeness (QED) is 0.724. The van der Waals surface area contributed by atoms with E-state index < -0.39 is 0 Å². The summed E-state index contributed by atoms with van der Waals surface area (Å²) in [6, 6.07) is 8.72. The fourth-order valence-corrected chi connectivity index (χ4v) is 3.48. The van der Waals surface area contributed by atoms with Crippen LogP contribution in [-0.4, -0.2) is 15.9 Å². The number of aryl methyl sites for hydroxylation is 1. The molecule has 1 aromatic carbocycles. The smallest absolute Gasteiger partial charge is 0.257 e. The third-order valence-corrected chi connectivity index (χ3v) is 4.63. The molecule has 2 aromatic heterocycles. The van der Waals surface area contributed by atoms with Gasteiger partial charge in [0.1, 0.15) is 5.82 Å². The van der Waals surface area contributed by atoms with Crippen LogP contribution >= 0.6 is 23.2 Å². The molecule has 1 aliphatic carbocycles. The van der Waals surface area contributed by atoms with Gasteiger partial charge >= 0.3 is 0 Å². The van der Waals surface area contributed by atoms with Crippen LogP contribution in [0.25, 0.3) is 10.9 Å². The molecule has 120 valence electrons. The molecule has 0 radical (unpaired) electrons. The van der Waals surface area contributed by atoms with Gasteiger partial charge < -0.3 is 5.32 Å². The highest BCUT2D eigenvalue weighted by Gasteiger charge is 2.24. The summed E-state index contributed by atoms with van der Waals surface area (Å²) in [5.41, 5.74) is 3.42. The maximum Gasteiger partial charge on any atom is 0.257 e. The Kier molecular flexibility index (Phi) is 3.87. The lowest BCUT2D eigenvalue weighted by atomic mass is 10.0. The van der Waals surface area contributed by atoms with Crippen molar-refractivity contribution in [3.63, 3.8) is 0 Å². The fourth-order valence-electron chi connectivity index (χ4n) is 3.15. The number of amides is 1. The molecule has 4 rings (SSSR count). The predicted molar refractivity (Wildman–Crippen MR) is 96.0 cm³/mol. The number of pyridine rings is 2. The SMILES string of the molecule is O=C(Nc1cc(Cl)ccn1)c1c2c(nc3ccc(Cl)cc13)CCC2. The fraction of sp³-hybridized carbons (Fsp3) is 0.167. The predicted octanol–water partition coefficient (Wildman–Crippen LogP) is 4.68. The molecule has 0 aliphatic heterocycles. The molecule has 0 atom stereocenters. The van der Waals surface area contributed by atoms with Gasteiger partial charge in [-0.3, -0.25) is 9.78 Å². The highest BCUT2D eigenvalue weighted by molar-refractivity contribution is 6.32. The Bertz CT molecular complexity index is 972. The maximum atomic E-state index is 12.9. The second-order valence-corrected chi connectivity index (χ2v) is 6.61. The van der Waals surface area contributed by atoms with Crippen molar-refractivity contribution in [1.82, 2.24) is 9.97 Å². The standard InChI is InChI=1S/C18H13Cl2N3O/c19-10-4-5-15-13(8-10)17(12-2-1-3-14(12)22-15)18(24)23-16-9-11(20)6-7-21-16/h4-9H,1-3H2,(H,21,23,24). The summed E-state index contributed by atoms with van der Waals surface area (Å²) < 4.78 is 0. The second-order valence-electron chi connectivity index (χ2n) is 5.74. The van der Waals surface area contributed by atoms with Crippen LogP contribution in [0.2, 0.25) is 10.0 Å². The Balaban J connectivity index is 1.85. The number of nitrogens with zero attached hydrogens (tertiary/aromatic N) is 2. The Morgan fingerprint density at radius 3 is 2.75 bits per heavy atom. The van der Waals surface area contributed by atoms with Gasteiger partial charge in [0, 0.05) is 27.3 Å². The monoisotopic (exact) mass is 357 g/mol. The summed E-state index contributed by atoms with van der Waals surface area (Å²) in [6.07, 6.45) is 4.30. The van der Waals surface area contributed by atoms with Crippen LogP contribution in [-0.2, 0) is 12.8 Å². The van der Waals surface area contributed by atoms with Crippen molar-refractivity contribution in [3.05, 3.63) is 63.4 Å². The molecule has 1 N–H and O–H groups in total. The first-order valence-corrected chi connectivity index (χ1v) is 8.41. The van der Waals surface area contributed by atoms with Gasteiger partial charge in [-0.2, -0.15) is 0 Å². The summed E-state index contributed by atoms with van der Waals surface area (Å²) in [5.74, 6) is 0.212. The zero-order chi connectivity index (χ0) is 16.7. The number of carbonyl (C=O) groups is 1. The van der Waals surface area contributed by atoms with Crippen LogP contribution in [0, 0.1) is 0 Å². The van der Waals surface area contributed by atoms with Crippen LogP contribution in [0.15, 0.2) is 36.5 Å². The number of anilines is 1. The molecule has 1 aliphatic rings. The summed E-state index contributed by atoms with van der Waals surface area (Å²) in [7, 11) is 0. The lowest BCUT2D eigenvalue weighted by molar-refractivity contribution is 0.102. The van der Waals surface area contributed by atoms with E-state index in [4.69, 9.17) is 23.2 Å². The lowest BCUT2D eigenvalue weighted by Crippen LogP contribution is -2.16. The number of fused-ring (bicyclic) bond motifs is 2. The third kappa shape index (κ3) is 2.72. The molecule has 0 unspecified atom stereocenters. The van der Waals surface area contributed by atoms with Crippen LogP contribution in [0.1, 0.15) is 28.0 Å². The molecule has 0 bridgehead atoms. The van der Waals surface area contributed by atoms with Gasteiger partial charge in [0.15, 0.2) is 0 Å². The largest absolute Gasteiger partial charge is 0.306 e. The molecule has 3 aromatic rings. The highest BCUT2D eigenvalue weighted by Crippen LogP contribution is 2.32. The van der Waals surface area contributed by atoms with Crippen molar-refractivity contribution in [3.8, 4) is 0 Å². The summed E-state index contributed by atoms with van der Waals surface area (Å²) in [4.78, 5) is 21.8. The van der Waals surface area contributed by atoms with E-state index in [1.165, 1.54) is 0 Å². The van der Waals surface area contributed by atoms with Gasteiger partial charge in [-0.15, -0.1) is 0 Å². The van der Waals surface area contributed by atoms with Crippen molar-refractivity contribution in [2.75, 3.05) is 5.32 Å². The van der Waals surface area contributed by atoms with Crippen molar-refractivity contribution < 1.29 is 4.79 Å². The van der Waals surface area contributed by atoms with Crippen molar-refractivity contribution in [1.29, 1.82) is 0 Å². The first-order valence-electron chi connectivity index (χ1n) is 7.66. The van der Waals surface area contributed by atoms with Crippen molar-refractivity contribution >= 4 is 45.8 Å². The summed E-state index contributed by atoms with van der Waals surface area (Å²) >= 11 is 12.1. The zero-order valence-electron chi connectivity index (χ0n) is 12.6. The van der Waals surface area contributed by atoms with Gasteiger partial charge in [-0.1, -0.05) is 23.2 Å². The number of nitrogens with one attached hydrogen (secondary N) is 1. The van der Waals surface area contributed by atoms with Gasteiger partial charge in [-0.05, 0) is 55.2 Å². The van der Waals surface area contributed by atoms with Crippen LogP contribution in [0.4, 0.5) is 5.82 Å². The number of aromatic nitrogens is 2. The average molecular weight is 358 g/mol. The molecule has 1 amide bonds. The Morgan fingerprint density at radius 1 is 1.08 bits per heavy atom. The van der Waals surface area contributed by atoms with Crippen LogP contribution in [0.3, 0.4) is 0 Å². The van der Waals surface area contributed by atoms with E-state index >= 15 is 0 Å². The van der Waals surface area contributed by atoms with Gasteiger partial charge in [0.25, 0.3) is 5.91 Å². The highest BCUT2D eigenvalue weighted by atomic mass is 35.5. The van der Waals surface area contributed by atoms with E-state index in [9.17, 15) is 4.79 Å². The third-order valence-electron chi connectivity index (χ3n) is 4.16. The first-order chi connectivity index (χ1) is 11.6. The molecular weight excluding hydrogens is 345 g/mol. The van der Waals surface area contributed by atoms with E-state index in [0.717, 1.165) is 41.4 Å². The summed E-state index contributed by atoms with van der Waals surface area (Å²) in [6.45, 7) is 0. The number of hydrogen-bond donors (Lipinski definition) is 1. The minimum absolute atomic E-state index is 0.211. The van der Waals surface area contributed by atoms with Gasteiger partial charge in [0.2, 0.25) is 0 Å². The molecule has 2 heterocycles. The van der Waals surface area contributed by atoms with Gasteiger partial charge in [-0.25, -0.2) is 4.98 Å². The van der Waals surface area contributed by atoms with E-state index in [1.807, 2.05) is 6.07 Å². The van der Waals surface area contributed by atoms with Gasteiger partial charge in [0.05, 0.1) is 11.1 Å². The number of carbonyl (C=O) groups excluding carboxylic acids is 1.